The van der Waals surface area contributed by atoms with Crippen LogP contribution in [0.4, 0.5) is 0 Å². The van der Waals surface area contributed by atoms with Crippen LogP contribution in [0.1, 0.15) is 29.8 Å². The molecular weight excluding hydrogens is 210 g/mol. The first-order valence-corrected chi connectivity index (χ1v) is 5.96. The smallest absolute Gasteiger partial charge is 0.217 e. The molecule has 0 fully saturated rings. The minimum Gasteiger partial charge on any atom is -0.370 e. The average Bonchev–Trinajstić information content (AvgIpc) is 2.57. The van der Waals surface area contributed by atoms with E-state index < -0.39 is 0 Å². The fraction of sp³-hybridized carbons (Fsp3) is 0.600. The maximum Gasteiger partial charge on any atom is 0.217 e. The zero-order valence-corrected chi connectivity index (χ0v) is 9.77. The van der Waals surface area contributed by atoms with Crippen LogP contribution in [0.5, 0.6) is 0 Å². The van der Waals surface area contributed by atoms with Crippen molar-refractivity contribution in [3.05, 3.63) is 16.1 Å². The summed E-state index contributed by atoms with van der Waals surface area (Å²) in [5.74, 6) is -0.215. The Bertz CT molecular complexity index is 311. The van der Waals surface area contributed by atoms with E-state index in [2.05, 4.69) is 10.3 Å². The number of aromatic nitrogens is 1. The number of primary amides is 1. The Balaban J connectivity index is 2.03. The Kier molecular flexibility index (Phi) is 5.28. The predicted molar refractivity (Wildman–Crippen MR) is 61.6 cm³/mol. The normalized spacial score (nSPS) is 10.5. The van der Waals surface area contributed by atoms with Crippen molar-refractivity contribution in [1.82, 2.24) is 10.3 Å². The number of unbranched alkanes of at least 4 members (excludes halogenated alkanes) is 1. The van der Waals surface area contributed by atoms with E-state index >= 15 is 0 Å². The second-order valence-corrected chi connectivity index (χ2v) is 4.40. The molecule has 4 nitrogen and oxygen atoms in total. The number of nitrogens with zero attached hydrogens (tertiary/aromatic N) is 1. The predicted octanol–water partition coefficient (Wildman–Crippen LogP) is 1.20. The van der Waals surface area contributed by atoms with Crippen molar-refractivity contribution in [3.63, 3.8) is 0 Å². The zero-order chi connectivity index (χ0) is 11.1. The molecule has 1 amide bonds. The van der Waals surface area contributed by atoms with Gasteiger partial charge in [0.25, 0.3) is 0 Å². The van der Waals surface area contributed by atoms with Crippen LogP contribution in [0.3, 0.4) is 0 Å². The number of carbonyl (C=O) groups is 1. The maximum absolute atomic E-state index is 10.5. The molecule has 1 rings (SSSR count). The van der Waals surface area contributed by atoms with Gasteiger partial charge in [0.2, 0.25) is 5.91 Å². The topological polar surface area (TPSA) is 68.0 Å². The van der Waals surface area contributed by atoms with Gasteiger partial charge in [-0.05, 0) is 26.3 Å². The monoisotopic (exact) mass is 227 g/mol. The summed E-state index contributed by atoms with van der Waals surface area (Å²) in [6.07, 6.45) is 2.34. The number of carbonyl (C=O) groups excluding carboxylic acids is 1. The number of nitrogens with two attached hydrogens (primary N) is 1. The second kappa shape index (κ2) is 6.53. The molecule has 0 atom stereocenters. The number of aryl methyl sites for hydroxylation is 1. The lowest BCUT2D eigenvalue weighted by molar-refractivity contribution is -0.118. The van der Waals surface area contributed by atoms with Crippen LogP contribution in [0, 0.1) is 6.92 Å². The van der Waals surface area contributed by atoms with Gasteiger partial charge in [0.15, 0.2) is 0 Å². The molecule has 0 saturated carbocycles. The maximum atomic E-state index is 10.5. The number of amides is 1. The first-order chi connectivity index (χ1) is 7.20. The highest BCUT2D eigenvalue weighted by Gasteiger charge is 2.00. The molecule has 0 saturated heterocycles. The number of hydrogen-bond acceptors (Lipinski definition) is 4. The molecule has 0 aliphatic heterocycles. The van der Waals surface area contributed by atoms with Gasteiger partial charge in [-0.3, -0.25) is 4.79 Å². The summed E-state index contributed by atoms with van der Waals surface area (Å²) in [6, 6.07) is 0. The highest BCUT2D eigenvalue weighted by Crippen LogP contribution is 2.11. The van der Waals surface area contributed by atoms with E-state index in [1.165, 1.54) is 4.88 Å². The van der Waals surface area contributed by atoms with Crippen LogP contribution in [0.2, 0.25) is 0 Å². The quantitative estimate of drug-likeness (QED) is 0.688. The molecule has 0 spiro atoms. The van der Waals surface area contributed by atoms with Crippen LogP contribution in [0.15, 0.2) is 5.51 Å². The van der Waals surface area contributed by atoms with Gasteiger partial charge in [-0.25, -0.2) is 4.98 Å². The van der Waals surface area contributed by atoms with Crippen molar-refractivity contribution < 1.29 is 4.79 Å². The highest BCUT2D eigenvalue weighted by atomic mass is 32.1. The van der Waals surface area contributed by atoms with Gasteiger partial charge in [-0.15, -0.1) is 11.3 Å². The highest BCUT2D eigenvalue weighted by molar-refractivity contribution is 7.09. The Labute approximate surface area is 93.9 Å². The third kappa shape index (κ3) is 4.90. The van der Waals surface area contributed by atoms with Crippen molar-refractivity contribution in [2.45, 2.75) is 32.7 Å². The summed E-state index contributed by atoms with van der Waals surface area (Å²) in [5.41, 5.74) is 8.00. The van der Waals surface area contributed by atoms with Gasteiger partial charge in [-0.1, -0.05) is 0 Å². The molecule has 84 valence electrons. The molecule has 1 aromatic rings. The van der Waals surface area contributed by atoms with Crippen LogP contribution < -0.4 is 11.1 Å². The molecule has 0 aromatic carbocycles. The van der Waals surface area contributed by atoms with Crippen molar-refractivity contribution in [2.24, 2.45) is 5.73 Å². The minimum atomic E-state index is -0.215. The van der Waals surface area contributed by atoms with Gasteiger partial charge in [0.1, 0.15) is 0 Å². The Morgan fingerprint density at radius 3 is 3.00 bits per heavy atom. The zero-order valence-electron chi connectivity index (χ0n) is 8.95. The van der Waals surface area contributed by atoms with Crippen molar-refractivity contribution in [2.75, 3.05) is 6.54 Å². The van der Waals surface area contributed by atoms with Crippen molar-refractivity contribution in [1.29, 1.82) is 0 Å². The number of hydrogen-bond donors (Lipinski definition) is 2. The molecule has 1 heterocycles. The van der Waals surface area contributed by atoms with E-state index in [4.69, 9.17) is 5.73 Å². The largest absolute Gasteiger partial charge is 0.370 e. The first kappa shape index (κ1) is 12.1. The molecule has 1 aromatic heterocycles. The second-order valence-electron chi connectivity index (χ2n) is 3.46. The van der Waals surface area contributed by atoms with Gasteiger partial charge in [0, 0.05) is 17.8 Å². The molecule has 0 bridgehead atoms. The molecule has 0 radical (unpaired) electrons. The lowest BCUT2D eigenvalue weighted by atomic mass is 10.2. The van der Waals surface area contributed by atoms with E-state index in [1.54, 1.807) is 11.3 Å². The molecule has 5 heteroatoms. The van der Waals surface area contributed by atoms with E-state index in [0.717, 1.165) is 31.6 Å². The summed E-state index contributed by atoms with van der Waals surface area (Å²) in [5, 5.41) is 3.32. The lowest BCUT2D eigenvalue weighted by Gasteiger charge is -2.02. The molecule has 0 aliphatic carbocycles. The molecule has 3 N–H and O–H groups in total. The van der Waals surface area contributed by atoms with Gasteiger partial charge >= 0.3 is 0 Å². The fourth-order valence-corrected chi connectivity index (χ4v) is 1.99. The number of rotatable bonds is 7. The van der Waals surface area contributed by atoms with E-state index in [1.807, 2.05) is 12.4 Å². The SMILES string of the molecule is Cc1ncsc1CNCCCCC(N)=O. The van der Waals surface area contributed by atoms with Crippen molar-refractivity contribution >= 4 is 17.2 Å². The summed E-state index contributed by atoms with van der Waals surface area (Å²) in [7, 11) is 0. The number of thiazole rings is 1. The van der Waals surface area contributed by atoms with Crippen LogP contribution in [-0.4, -0.2) is 17.4 Å². The minimum absolute atomic E-state index is 0.215. The summed E-state index contributed by atoms with van der Waals surface area (Å²) in [4.78, 5) is 15.9. The van der Waals surface area contributed by atoms with E-state index in [9.17, 15) is 4.79 Å². The van der Waals surface area contributed by atoms with E-state index in [-0.39, 0.29) is 5.91 Å². The summed E-state index contributed by atoms with van der Waals surface area (Å²) < 4.78 is 0. The van der Waals surface area contributed by atoms with Crippen LogP contribution in [-0.2, 0) is 11.3 Å². The van der Waals surface area contributed by atoms with Crippen LogP contribution in [0.25, 0.3) is 0 Å². The Morgan fingerprint density at radius 1 is 1.60 bits per heavy atom. The first-order valence-electron chi connectivity index (χ1n) is 5.08. The number of nitrogens with one attached hydrogen (secondary N) is 1. The molecule has 15 heavy (non-hydrogen) atoms. The Morgan fingerprint density at radius 2 is 2.40 bits per heavy atom. The van der Waals surface area contributed by atoms with Crippen LogP contribution >= 0.6 is 11.3 Å². The molecule has 0 unspecified atom stereocenters. The molecular formula is C10H17N3OS. The van der Waals surface area contributed by atoms with Crippen molar-refractivity contribution in [3.8, 4) is 0 Å². The van der Waals surface area contributed by atoms with Gasteiger partial charge in [0.05, 0.1) is 11.2 Å². The summed E-state index contributed by atoms with van der Waals surface area (Å²) >= 11 is 1.67. The standard InChI is InChI=1S/C10H17N3OS/c1-8-9(15-7-13-8)6-12-5-3-2-4-10(11)14/h7,12H,2-6H2,1H3,(H2,11,14). The average molecular weight is 227 g/mol. The lowest BCUT2D eigenvalue weighted by Crippen LogP contribution is -2.16. The van der Waals surface area contributed by atoms with Gasteiger partial charge in [-0.2, -0.15) is 0 Å². The third-order valence-corrected chi connectivity index (χ3v) is 3.09. The van der Waals surface area contributed by atoms with E-state index in [0.29, 0.717) is 6.42 Å². The third-order valence-electron chi connectivity index (χ3n) is 2.16. The Hall–Kier alpha value is -0.940. The van der Waals surface area contributed by atoms with Gasteiger partial charge < -0.3 is 11.1 Å². The summed E-state index contributed by atoms with van der Waals surface area (Å²) in [6.45, 7) is 3.80. The molecule has 0 aliphatic rings. The fourth-order valence-electron chi connectivity index (χ4n) is 1.25.